The first-order valence-corrected chi connectivity index (χ1v) is 5.14. The average Bonchev–Trinajstić information content (AvgIpc) is 2.15. The van der Waals surface area contributed by atoms with Gasteiger partial charge in [-0.25, -0.2) is 0 Å². The van der Waals surface area contributed by atoms with Crippen molar-refractivity contribution in [1.29, 1.82) is 0 Å². The molecule has 70 valence electrons. The first-order valence-electron chi connectivity index (χ1n) is 5.14. The number of rotatable bonds is 0. The quantitative estimate of drug-likeness (QED) is 0.540. The van der Waals surface area contributed by atoms with Crippen molar-refractivity contribution < 1.29 is 4.74 Å². The van der Waals surface area contributed by atoms with Crippen molar-refractivity contribution in [2.45, 2.75) is 58.7 Å². The summed E-state index contributed by atoms with van der Waals surface area (Å²) in [7, 11) is 0. The third-order valence-electron chi connectivity index (χ3n) is 4.37. The molecular weight excluding hydrogens is 148 g/mol. The van der Waals surface area contributed by atoms with Crippen LogP contribution in [0.25, 0.3) is 0 Å². The number of hydrogen-bond donors (Lipinski definition) is 0. The van der Waals surface area contributed by atoms with E-state index in [1.807, 2.05) is 0 Å². The summed E-state index contributed by atoms with van der Waals surface area (Å²) < 4.78 is 6.09. The fourth-order valence-electron chi connectivity index (χ4n) is 2.97. The fraction of sp³-hybridized carbons (Fsp3) is 1.00. The highest BCUT2D eigenvalue weighted by Crippen LogP contribution is 2.55. The molecule has 2 bridgehead atoms. The molecular formula is C11H20O. The Morgan fingerprint density at radius 3 is 2.50 bits per heavy atom. The number of fused-ring (bicyclic) bond motifs is 2. The van der Waals surface area contributed by atoms with Crippen molar-refractivity contribution >= 4 is 0 Å². The summed E-state index contributed by atoms with van der Waals surface area (Å²) in [5, 5.41) is 0. The van der Waals surface area contributed by atoms with Crippen LogP contribution in [0.1, 0.15) is 47.0 Å². The van der Waals surface area contributed by atoms with E-state index in [2.05, 4.69) is 27.7 Å². The van der Waals surface area contributed by atoms with E-state index in [0.29, 0.717) is 11.5 Å². The van der Waals surface area contributed by atoms with Gasteiger partial charge in [0.2, 0.25) is 0 Å². The Morgan fingerprint density at radius 2 is 1.92 bits per heavy atom. The molecule has 1 heteroatoms. The van der Waals surface area contributed by atoms with Gasteiger partial charge in [-0.1, -0.05) is 13.8 Å². The van der Waals surface area contributed by atoms with Crippen LogP contribution in [0, 0.1) is 11.3 Å². The van der Waals surface area contributed by atoms with Crippen LogP contribution in [-0.4, -0.2) is 11.7 Å². The highest BCUT2D eigenvalue weighted by molar-refractivity contribution is 5.03. The zero-order valence-electron chi connectivity index (χ0n) is 8.68. The molecule has 0 N–H and O–H groups in total. The maximum absolute atomic E-state index is 6.09. The highest BCUT2D eigenvalue weighted by Gasteiger charge is 2.54. The molecule has 3 unspecified atom stereocenters. The molecule has 0 amide bonds. The van der Waals surface area contributed by atoms with Crippen molar-refractivity contribution in [1.82, 2.24) is 0 Å². The van der Waals surface area contributed by atoms with Crippen LogP contribution in [0.3, 0.4) is 0 Å². The Hall–Kier alpha value is -0.0400. The monoisotopic (exact) mass is 168 g/mol. The molecule has 12 heavy (non-hydrogen) atoms. The number of ether oxygens (including phenoxy) is 1. The average molecular weight is 168 g/mol. The van der Waals surface area contributed by atoms with Crippen molar-refractivity contribution in [3.8, 4) is 0 Å². The van der Waals surface area contributed by atoms with Crippen molar-refractivity contribution in [3.05, 3.63) is 0 Å². The van der Waals surface area contributed by atoms with Crippen molar-refractivity contribution in [2.75, 3.05) is 0 Å². The normalized spacial score (nSPS) is 59.0. The van der Waals surface area contributed by atoms with Crippen LogP contribution in [0.15, 0.2) is 0 Å². The molecule has 1 aliphatic carbocycles. The fourth-order valence-corrected chi connectivity index (χ4v) is 2.97. The molecule has 0 spiro atoms. The molecule has 0 aromatic rings. The lowest BCUT2D eigenvalue weighted by molar-refractivity contribution is -0.0542. The van der Waals surface area contributed by atoms with Gasteiger partial charge in [0.05, 0.1) is 11.7 Å². The molecule has 0 radical (unpaired) electrons. The summed E-state index contributed by atoms with van der Waals surface area (Å²) in [6.07, 6.45) is 4.43. The Labute approximate surface area is 75.5 Å². The third-order valence-corrected chi connectivity index (χ3v) is 4.37. The Balaban J connectivity index is 2.28. The van der Waals surface area contributed by atoms with Gasteiger partial charge in [0.15, 0.2) is 0 Å². The maximum atomic E-state index is 6.09. The first-order chi connectivity index (χ1) is 5.46. The minimum atomic E-state index is 0.187. The summed E-state index contributed by atoms with van der Waals surface area (Å²) in [5.41, 5.74) is 0.660. The Morgan fingerprint density at radius 1 is 1.25 bits per heavy atom. The highest BCUT2D eigenvalue weighted by atomic mass is 16.5. The zero-order valence-corrected chi connectivity index (χ0v) is 8.68. The zero-order chi connectivity index (χ0) is 8.98. The van der Waals surface area contributed by atoms with Gasteiger partial charge >= 0.3 is 0 Å². The summed E-state index contributed by atoms with van der Waals surface area (Å²) in [5.74, 6) is 0.746. The smallest absolute Gasteiger partial charge is 0.0690 e. The molecule has 2 rings (SSSR count). The lowest BCUT2D eigenvalue weighted by atomic mass is 9.66. The summed E-state index contributed by atoms with van der Waals surface area (Å²) >= 11 is 0. The minimum absolute atomic E-state index is 0.187. The lowest BCUT2D eigenvalue weighted by Crippen LogP contribution is -2.37. The molecule has 1 aliphatic heterocycles. The third kappa shape index (κ3) is 0.953. The topological polar surface area (TPSA) is 9.23 Å². The van der Waals surface area contributed by atoms with Gasteiger partial charge in [-0.05, 0) is 44.4 Å². The van der Waals surface area contributed by atoms with Gasteiger partial charge in [0, 0.05) is 0 Å². The largest absolute Gasteiger partial charge is 0.371 e. The minimum Gasteiger partial charge on any atom is -0.371 e. The standard InChI is InChI=1S/C11H20O/c1-8-5-6-10(3)7-11(8,4)12-9(10)2/h8-9H,5-7H2,1-4H3/t8?,9?,10-,11?/m0/s1. The predicted molar refractivity (Wildman–Crippen MR) is 50.1 cm³/mol. The molecule has 0 aromatic carbocycles. The Kier molecular flexibility index (Phi) is 1.61. The SMILES string of the molecule is CC1CC[C@@]2(C)CC1(C)OC2C. The summed E-state index contributed by atoms with van der Waals surface area (Å²) in [6, 6.07) is 0. The second kappa shape index (κ2) is 2.25. The molecule has 2 fully saturated rings. The molecule has 1 saturated heterocycles. The van der Waals surface area contributed by atoms with E-state index in [9.17, 15) is 0 Å². The van der Waals surface area contributed by atoms with E-state index in [-0.39, 0.29) is 5.60 Å². The van der Waals surface area contributed by atoms with E-state index in [4.69, 9.17) is 4.74 Å². The second-order valence-electron chi connectivity index (χ2n) is 5.34. The van der Waals surface area contributed by atoms with E-state index < -0.39 is 0 Å². The van der Waals surface area contributed by atoms with Crippen LogP contribution in [0.4, 0.5) is 0 Å². The van der Waals surface area contributed by atoms with E-state index in [0.717, 1.165) is 5.92 Å². The van der Waals surface area contributed by atoms with E-state index in [1.165, 1.54) is 19.3 Å². The van der Waals surface area contributed by atoms with Crippen LogP contribution in [0.5, 0.6) is 0 Å². The van der Waals surface area contributed by atoms with Gasteiger partial charge < -0.3 is 4.74 Å². The van der Waals surface area contributed by atoms with Crippen LogP contribution >= 0.6 is 0 Å². The molecule has 1 heterocycles. The molecule has 0 aromatic heterocycles. The molecule has 1 nitrogen and oxygen atoms in total. The summed E-state index contributed by atoms with van der Waals surface area (Å²) in [4.78, 5) is 0. The summed E-state index contributed by atoms with van der Waals surface area (Å²) in [6.45, 7) is 9.24. The molecule has 4 atom stereocenters. The Bertz CT molecular complexity index is 201. The predicted octanol–water partition coefficient (Wildman–Crippen LogP) is 2.99. The van der Waals surface area contributed by atoms with E-state index >= 15 is 0 Å². The van der Waals surface area contributed by atoms with Gasteiger partial charge in [0.25, 0.3) is 0 Å². The van der Waals surface area contributed by atoms with Crippen LogP contribution in [0.2, 0.25) is 0 Å². The number of hydrogen-bond acceptors (Lipinski definition) is 1. The van der Waals surface area contributed by atoms with E-state index in [1.54, 1.807) is 0 Å². The second-order valence-corrected chi connectivity index (χ2v) is 5.34. The lowest BCUT2D eigenvalue weighted by Gasteiger charge is -2.38. The van der Waals surface area contributed by atoms with Crippen molar-refractivity contribution in [3.63, 3.8) is 0 Å². The van der Waals surface area contributed by atoms with Gasteiger partial charge in [-0.15, -0.1) is 0 Å². The van der Waals surface area contributed by atoms with Gasteiger partial charge in [-0.3, -0.25) is 0 Å². The first kappa shape index (κ1) is 8.55. The molecule has 1 saturated carbocycles. The van der Waals surface area contributed by atoms with Gasteiger partial charge in [0.1, 0.15) is 0 Å². The molecule has 2 aliphatic rings. The van der Waals surface area contributed by atoms with Crippen LogP contribution in [-0.2, 0) is 4.74 Å². The van der Waals surface area contributed by atoms with Crippen LogP contribution < -0.4 is 0 Å². The maximum Gasteiger partial charge on any atom is 0.0690 e. The van der Waals surface area contributed by atoms with Crippen molar-refractivity contribution in [2.24, 2.45) is 11.3 Å². The van der Waals surface area contributed by atoms with Gasteiger partial charge in [-0.2, -0.15) is 0 Å².